The summed E-state index contributed by atoms with van der Waals surface area (Å²) in [4.78, 5) is 4.29. The van der Waals surface area contributed by atoms with Gasteiger partial charge in [-0.1, -0.05) is 17.7 Å². The number of rotatable bonds is 2. The summed E-state index contributed by atoms with van der Waals surface area (Å²) in [6.07, 6.45) is -0.594. The molecule has 1 aromatic heterocycles. The van der Waals surface area contributed by atoms with Gasteiger partial charge in [0.2, 0.25) is 5.89 Å². The molecule has 16 heavy (non-hydrogen) atoms. The van der Waals surface area contributed by atoms with Crippen LogP contribution in [0, 0.1) is 13.8 Å². The van der Waals surface area contributed by atoms with Gasteiger partial charge in [0.05, 0.1) is 6.10 Å². The Morgan fingerprint density at radius 2 is 1.81 bits per heavy atom. The van der Waals surface area contributed by atoms with Gasteiger partial charge < -0.3 is 9.52 Å². The van der Waals surface area contributed by atoms with Crippen molar-refractivity contribution in [1.82, 2.24) is 4.98 Å². The van der Waals surface area contributed by atoms with Crippen molar-refractivity contribution in [2.45, 2.75) is 26.9 Å². The number of benzene rings is 1. The minimum absolute atomic E-state index is 0.563. The van der Waals surface area contributed by atoms with Crippen LogP contribution in [0.3, 0.4) is 0 Å². The Kier molecular flexibility index (Phi) is 2.79. The van der Waals surface area contributed by atoms with Crippen LogP contribution < -0.4 is 0 Å². The normalized spacial score (nSPS) is 12.8. The Balaban J connectivity index is 2.41. The summed E-state index contributed by atoms with van der Waals surface area (Å²) < 4.78 is 5.53. The van der Waals surface area contributed by atoms with Crippen LogP contribution in [0.5, 0.6) is 0 Å². The van der Waals surface area contributed by atoms with E-state index in [2.05, 4.69) is 4.98 Å². The second-order valence-corrected chi connectivity index (χ2v) is 4.00. The standard InChI is InChI=1S/C13H15NO2/c1-8-4-6-11(7-5-8)13-14-12(9(2)15)10(3)16-13/h4-7,9,15H,1-3H3. The van der Waals surface area contributed by atoms with E-state index >= 15 is 0 Å². The van der Waals surface area contributed by atoms with Gasteiger partial charge in [-0.05, 0) is 32.9 Å². The molecule has 0 spiro atoms. The molecular weight excluding hydrogens is 202 g/mol. The molecule has 1 atom stereocenters. The number of nitrogens with zero attached hydrogens (tertiary/aromatic N) is 1. The monoisotopic (exact) mass is 217 g/mol. The Hall–Kier alpha value is -1.61. The van der Waals surface area contributed by atoms with Gasteiger partial charge in [0.1, 0.15) is 11.5 Å². The zero-order valence-electron chi connectivity index (χ0n) is 9.69. The van der Waals surface area contributed by atoms with Crippen molar-refractivity contribution in [1.29, 1.82) is 0 Å². The molecule has 0 bridgehead atoms. The lowest BCUT2D eigenvalue weighted by Gasteiger charge is -1.97. The van der Waals surface area contributed by atoms with Gasteiger partial charge in [0.15, 0.2) is 0 Å². The molecule has 1 N–H and O–H groups in total. The highest BCUT2D eigenvalue weighted by molar-refractivity contribution is 5.54. The van der Waals surface area contributed by atoms with Crippen LogP contribution in [-0.2, 0) is 0 Å². The van der Waals surface area contributed by atoms with Gasteiger partial charge in [-0.25, -0.2) is 4.98 Å². The van der Waals surface area contributed by atoms with Crippen molar-refractivity contribution < 1.29 is 9.52 Å². The Morgan fingerprint density at radius 3 is 2.31 bits per heavy atom. The molecule has 0 aliphatic rings. The average Bonchev–Trinajstić information content (AvgIpc) is 2.61. The maximum absolute atomic E-state index is 9.49. The summed E-state index contributed by atoms with van der Waals surface area (Å²) in [6.45, 7) is 5.53. The summed E-state index contributed by atoms with van der Waals surface area (Å²) in [5.74, 6) is 1.24. The van der Waals surface area contributed by atoms with Crippen LogP contribution in [0.15, 0.2) is 28.7 Å². The van der Waals surface area contributed by atoms with Gasteiger partial charge in [-0.2, -0.15) is 0 Å². The highest BCUT2D eigenvalue weighted by Crippen LogP contribution is 2.25. The molecule has 0 aliphatic heterocycles. The zero-order valence-corrected chi connectivity index (χ0v) is 9.69. The Labute approximate surface area is 94.8 Å². The third kappa shape index (κ3) is 1.99. The maximum Gasteiger partial charge on any atom is 0.226 e. The van der Waals surface area contributed by atoms with Crippen molar-refractivity contribution in [3.8, 4) is 11.5 Å². The number of aryl methyl sites for hydroxylation is 2. The molecule has 0 aliphatic carbocycles. The third-order valence-electron chi connectivity index (χ3n) is 2.53. The summed E-state index contributed by atoms with van der Waals surface area (Å²) >= 11 is 0. The molecule has 2 aromatic rings. The minimum Gasteiger partial charge on any atom is -0.441 e. The molecule has 3 heteroatoms. The highest BCUT2D eigenvalue weighted by atomic mass is 16.4. The maximum atomic E-state index is 9.49. The molecule has 1 aromatic carbocycles. The van der Waals surface area contributed by atoms with Crippen LogP contribution in [0.1, 0.15) is 30.0 Å². The molecule has 2 rings (SSSR count). The first-order chi connectivity index (χ1) is 7.58. The molecule has 0 amide bonds. The van der Waals surface area contributed by atoms with Gasteiger partial charge in [0.25, 0.3) is 0 Å². The lowest BCUT2D eigenvalue weighted by atomic mass is 10.1. The number of aromatic nitrogens is 1. The zero-order chi connectivity index (χ0) is 11.7. The predicted molar refractivity (Wildman–Crippen MR) is 62.0 cm³/mol. The number of oxazole rings is 1. The fraction of sp³-hybridized carbons (Fsp3) is 0.308. The molecular formula is C13H15NO2. The molecule has 1 unspecified atom stereocenters. The molecule has 0 saturated heterocycles. The summed E-state index contributed by atoms with van der Waals surface area (Å²) in [5.41, 5.74) is 2.74. The van der Waals surface area contributed by atoms with Gasteiger partial charge in [-0.3, -0.25) is 0 Å². The van der Waals surface area contributed by atoms with Crippen molar-refractivity contribution in [3.63, 3.8) is 0 Å². The van der Waals surface area contributed by atoms with E-state index in [-0.39, 0.29) is 0 Å². The van der Waals surface area contributed by atoms with Gasteiger partial charge in [-0.15, -0.1) is 0 Å². The van der Waals surface area contributed by atoms with E-state index in [1.165, 1.54) is 5.56 Å². The van der Waals surface area contributed by atoms with Crippen molar-refractivity contribution in [2.24, 2.45) is 0 Å². The molecule has 0 fully saturated rings. The predicted octanol–water partition coefficient (Wildman–Crippen LogP) is 3.01. The van der Waals surface area contributed by atoms with E-state index in [0.717, 1.165) is 5.56 Å². The summed E-state index contributed by atoms with van der Waals surface area (Å²) in [5, 5.41) is 9.49. The average molecular weight is 217 g/mol. The summed E-state index contributed by atoms with van der Waals surface area (Å²) in [6, 6.07) is 7.95. The number of hydrogen-bond acceptors (Lipinski definition) is 3. The van der Waals surface area contributed by atoms with Crippen LogP contribution in [0.25, 0.3) is 11.5 Å². The fourth-order valence-corrected chi connectivity index (χ4v) is 1.62. The van der Waals surface area contributed by atoms with Crippen LogP contribution in [0.4, 0.5) is 0 Å². The van der Waals surface area contributed by atoms with Crippen molar-refractivity contribution in [3.05, 3.63) is 41.3 Å². The third-order valence-corrected chi connectivity index (χ3v) is 2.53. The molecule has 3 nitrogen and oxygen atoms in total. The van der Waals surface area contributed by atoms with E-state index in [1.807, 2.05) is 38.1 Å². The minimum atomic E-state index is -0.594. The lowest BCUT2D eigenvalue weighted by Crippen LogP contribution is -1.93. The van der Waals surface area contributed by atoms with Crippen LogP contribution in [0.2, 0.25) is 0 Å². The smallest absolute Gasteiger partial charge is 0.226 e. The summed E-state index contributed by atoms with van der Waals surface area (Å²) in [7, 11) is 0. The van der Waals surface area contributed by atoms with Crippen LogP contribution in [-0.4, -0.2) is 10.1 Å². The number of aliphatic hydroxyl groups excluding tert-OH is 1. The Bertz CT molecular complexity index is 483. The topological polar surface area (TPSA) is 46.3 Å². The fourth-order valence-electron chi connectivity index (χ4n) is 1.62. The van der Waals surface area contributed by atoms with E-state index in [9.17, 15) is 5.11 Å². The molecule has 0 saturated carbocycles. The number of aliphatic hydroxyl groups is 1. The number of hydrogen-bond donors (Lipinski definition) is 1. The second kappa shape index (κ2) is 4.10. The molecule has 1 heterocycles. The molecule has 84 valence electrons. The van der Waals surface area contributed by atoms with E-state index in [0.29, 0.717) is 17.3 Å². The lowest BCUT2D eigenvalue weighted by molar-refractivity contribution is 0.193. The molecule has 0 radical (unpaired) electrons. The second-order valence-electron chi connectivity index (χ2n) is 4.00. The first-order valence-electron chi connectivity index (χ1n) is 5.30. The highest BCUT2D eigenvalue weighted by Gasteiger charge is 2.14. The quantitative estimate of drug-likeness (QED) is 0.841. The first kappa shape index (κ1) is 10.9. The van der Waals surface area contributed by atoms with Crippen LogP contribution >= 0.6 is 0 Å². The van der Waals surface area contributed by atoms with Crippen molar-refractivity contribution in [2.75, 3.05) is 0 Å². The van der Waals surface area contributed by atoms with E-state index in [4.69, 9.17) is 4.42 Å². The van der Waals surface area contributed by atoms with Gasteiger partial charge >= 0.3 is 0 Å². The van der Waals surface area contributed by atoms with E-state index < -0.39 is 6.10 Å². The Morgan fingerprint density at radius 1 is 1.19 bits per heavy atom. The van der Waals surface area contributed by atoms with Crippen molar-refractivity contribution >= 4 is 0 Å². The largest absolute Gasteiger partial charge is 0.441 e. The van der Waals surface area contributed by atoms with E-state index in [1.54, 1.807) is 6.92 Å². The SMILES string of the molecule is Cc1ccc(-c2nc(C(C)O)c(C)o2)cc1. The van der Waals surface area contributed by atoms with Gasteiger partial charge in [0, 0.05) is 5.56 Å². The first-order valence-corrected chi connectivity index (χ1v) is 5.30.